The summed E-state index contributed by atoms with van der Waals surface area (Å²) in [7, 11) is 0. The molecule has 0 aliphatic rings. The molecule has 4 N–H and O–H groups in total. The molecule has 0 bridgehead atoms. The Bertz CT molecular complexity index is 1510. The Labute approximate surface area is 228 Å². The van der Waals surface area contributed by atoms with E-state index in [1.165, 1.54) is 0 Å². The SMILES string of the molecule is O=C(O)/C=C/C(=O)Nc1ccc(-c2cc(-c3ccc(NC(=O)/C=C/C(=O)O)cc3)nc(-c3ccccc3)n2)cc1. The second-order valence-corrected chi connectivity index (χ2v) is 8.30. The van der Waals surface area contributed by atoms with Crippen molar-refractivity contribution in [2.75, 3.05) is 10.6 Å². The van der Waals surface area contributed by atoms with Gasteiger partial charge in [-0.3, -0.25) is 9.59 Å². The smallest absolute Gasteiger partial charge is 0.328 e. The Hall–Kier alpha value is -5.90. The molecule has 0 fully saturated rings. The number of aliphatic carboxylic acids is 2. The first kappa shape index (κ1) is 27.1. The van der Waals surface area contributed by atoms with E-state index in [1.807, 2.05) is 36.4 Å². The third kappa shape index (κ3) is 7.56. The number of aromatic nitrogens is 2. The van der Waals surface area contributed by atoms with Crippen LogP contribution >= 0.6 is 0 Å². The first-order valence-corrected chi connectivity index (χ1v) is 11.9. The molecule has 0 aliphatic carbocycles. The van der Waals surface area contributed by atoms with Crippen molar-refractivity contribution in [2.24, 2.45) is 0 Å². The van der Waals surface area contributed by atoms with E-state index in [2.05, 4.69) is 10.6 Å². The highest BCUT2D eigenvalue weighted by molar-refractivity contribution is 6.03. The van der Waals surface area contributed by atoms with Crippen LogP contribution in [0.15, 0.2) is 109 Å². The van der Waals surface area contributed by atoms with Crippen molar-refractivity contribution in [3.63, 3.8) is 0 Å². The van der Waals surface area contributed by atoms with Crippen molar-refractivity contribution in [1.82, 2.24) is 9.97 Å². The number of hydrogen-bond acceptors (Lipinski definition) is 6. The number of rotatable bonds is 9. The van der Waals surface area contributed by atoms with Crippen LogP contribution < -0.4 is 10.6 Å². The van der Waals surface area contributed by atoms with Gasteiger partial charge < -0.3 is 20.8 Å². The number of anilines is 2. The van der Waals surface area contributed by atoms with Gasteiger partial charge in [-0.25, -0.2) is 19.6 Å². The summed E-state index contributed by atoms with van der Waals surface area (Å²) < 4.78 is 0. The molecule has 0 spiro atoms. The second kappa shape index (κ2) is 12.6. The molecular formula is C30H22N4O6. The van der Waals surface area contributed by atoms with Crippen LogP contribution in [0.5, 0.6) is 0 Å². The van der Waals surface area contributed by atoms with Crippen LogP contribution in [0.25, 0.3) is 33.9 Å². The molecule has 3 aromatic carbocycles. The van der Waals surface area contributed by atoms with E-state index in [4.69, 9.17) is 20.2 Å². The molecule has 10 nitrogen and oxygen atoms in total. The van der Waals surface area contributed by atoms with E-state index in [0.717, 1.165) is 41.0 Å². The summed E-state index contributed by atoms with van der Waals surface area (Å²) in [5.41, 5.74) is 4.55. The maximum absolute atomic E-state index is 11.9. The summed E-state index contributed by atoms with van der Waals surface area (Å²) in [5, 5.41) is 22.5. The number of carboxylic acids is 2. The van der Waals surface area contributed by atoms with Crippen molar-refractivity contribution in [3.05, 3.63) is 109 Å². The second-order valence-electron chi connectivity index (χ2n) is 8.30. The highest BCUT2D eigenvalue weighted by Crippen LogP contribution is 2.29. The van der Waals surface area contributed by atoms with E-state index < -0.39 is 23.8 Å². The number of carbonyl (C=O) groups is 4. The summed E-state index contributed by atoms with van der Waals surface area (Å²) >= 11 is 0. The molecule has 4 rings (SSSR count). The molecule has 0 saturated carbocycles. The Morgan fingerprint density at radius 1 is 0.550 bits per heavy atom. The van der Waals surface area contributed by atoms with Crippen LogP contribution in [0, 0.1) is 0 Å². The van der Waals surface area contributed by atoms with Crippen LogP contribution in [0.1, 0.15) is 0 Å². The zero-order valence-corrected chi connectivity index (χ0v) is 20.8. The zero-order chi connectivity index (χ0) is 28.5. The number of amides is 2. The fraction of sp³-hybridized carbons (Fsp3) is 0. The molecule has 0 atom stereocenters. The topological polar surface area (TPSA) is 159 Å². The van der Waals surface area contributed by atoms with Gasteiger partial charge >= 0.3 is 11.9 Å². The van der Waals surface area contributed by atoms with Gasteiger partial charge in [-0.15, -0.1) is 0 Å². The minimum Gasteiger partial charge on any atom is -0.478 e. The number of hydrogen-bond donors (Lipinski definition) is 4. The zero-order valence-electron chi connectivity index (χ0n) is 20.8. The third-order valence-electron chi connectivity index (χ3n) is 5.41. The molecule has 10 heteroatoms. The van der Waals surface area contributed by atoms with E-state index in [1.54, 1.807) is 48.5 Å². The van der Waals surface area contributed by atoms with Crippen molar-refractivity contribution < 1.29 is 29.4 Å². The van der Waals surface area contributed by atoms with Crippen LogP contribution in [0.4, 0.5) is 11.4 Å². The standard InChI is InChI=1S/C30H22N4O6/c35-26(14-16-28(37)38)31-22-10-6-19(7-11-22)24-18-25(34-30(33-24)21-4-2-1-3-5-21)20-8-12-23(13-9-20)32-27(36)15-17-29(39)40/h1-18H,(H,31,35)(H,32,36)(H,37,38)(H,39,40)/b16-14+,17-15+. The van der Waals surface area contributed by atoms with Crippen molar-refractivity contribution in [3.8, 4) is 33.9 Å². The molecule has 2 amide bonds. The average molecular weight is 535 g/mol. The van der Waals surface area contributed by atoms with E-state index in [-0.39, 0.29) is 0 Å². The number of benzene rings is 3. The Morgan fingerprint density at radius 3 is 1.38 bits per heavy atom. The molecular weight excluding hydrogens is 512 g/mol. The van der Waals surface area contributed by atoms with E-state index in [9.17, 15) is 19.2 Å². The Kier molecular flexibility index (Phi) is 8.53. The van der Waals surface area contributed by atoms with Gasteiger partial charge in [0.25, 0.3) is 0 Å². The van der Waals surface area contributed by atoms with Gasteiger partial charge in [-0.2, -0.15) is 0 Å². The minimum atomic E-state index is -1.22. The van der Waals surface area contributed by atoms with Gasteiger partial charge in [0, 0.05) is 52.4 Å². The molecule has 0 unspecified atom stereocenters. The lowest BCUT2D eigenvalue weighted by Gasteiger charge is -2.11. The lowest BCUT2D eigenvalue weighted by Crippen LogP contribution is -2.08. The minimum absolute atomic E-state index is 0.484. The first-order valence-electron chi connectivity index (χ1n) is 11.9. The lowest BCUT2D eigenvalue weighted by molar-refractivity contribution is -0.132. The van der Waals surface area contributed by atoms with E-state index in [0.29, 0.717) is 28.6 Å². The third-order valence-corrected chi connectivity index (χ3v) is 5.41. The van der Waals surface area contributed by atoms with Gasteiger partial charge in [0.05, 0.1) is 11.4 Å². The summed E-state index contributed by atoms with van der Waals surface area (Å²) in [6, 6.07) is 25.1. The van der Waals surface area contributed by atoms with Crippen LogP contribution in [0.3, 0.4) is 0 Å². The predicted molar refractivity (Wildman–Crippen MR) is 149 cm³/mol. The number of nitrogens with one attached hydrogen (secondary N) is 2. The molecule has 4 aromatic rings. The van der Waals surface area contributed by atoms with Crippen LogP contribution in [-0.2, 0) is 19.2 Å². The first-order chi connectivity index (χ1) is 19.3. The van der Waals surface area contributed by atoms with Crippen molar-refractivity contribution in [1.29, 1.82) is 0 Å². The Balaban J connectivity index is 1.63. The van der Waals surface area contributed by atoms with Gasteiger partial charge in [0.1, 0.15) is 0 Å². The predicted octanol–water partition coefficient (Wildman–Crippen LogP) is 4.64. The van der Waals surface area contributed by atoms with Crippen LogP contribution in [0.2, 0.25) is 0 Å². The van der Waals surface area contributed by atoms with Crippen LogP contribution in [-0.4, -0.2) is 43.9 Å². The highest BCUT2D eigenvalue weighted by atomic mass is 16.4. The maximum Gasteiger partial charge on any atom is 0.328 e. The van der Waals surface area contributed by atoms with Gasteiger partial charge in [-0.05, 0) is 30.3 Å². The summed E-state index contributed by atoms with van der Waals surface area (Å²) in [6.45, 7) is 0. The number of carboxylic acid groups (broad SMARTS) is 2. The molecule has 0 aliphatic heterocycles. The maximum atomic E-state index is 11.9. The number of carbonyl (C=O) groups excluding carboxylic acids is 2. The van der Waals surface area contributed by atoms with Gasteiger partial charge in [0.15, 0.2) is 5.82 Å². The quantitative estimate of drug-likeness (QED) is 0.226. The molecule has 198 valence electrons. The molecule has 1 heterocycles. The fourth-order valence-corrected chi connectivity index (χ4v) is 3.57. The van der Waals surface area contributed by atoms with Gasteiger partial charge in [-0.1, -0.05) is 54.6 Å². The summed E-state index contributed by atoms with van der Waals surface area (Å²) in [5.74, 6) is -3.06. The van der Waals surface area contributed by atoms with Crippen molar-refractivity contribution >= 4 is 35.1 Å². The average Bonchev–Trinajstić information content (AvgIpc) is 2.96. The van der Waals surface area contributed by atoms with Gasteiger partial charge in [0.2, 0.25) is 11.8 Å². The fourth-order valence-electron chi connectivity index (χ4n) is 3.57. The molecule has 40 heavy (non-hydrogen) atoms. The molecule has 0 saturated heterocycles. The van der Waals surface area contributed by atoms with Crippen molar-refractivity contribution in [2.45, 2.75) is 0 Å². The summed E-state index contributed by atoms with van der Waals surface area (Å²) in [4.78, 5) is 54.5. The lowest BCUT2D eigenvalue weighted by atomic mass is 10.1. The highest BCUT2D eigenvalue weighted by Gasteiger charge is 2.11. The Morgan fingerprint density at radius 2 is 0.975 bits per heavy atom. The molecule has 0 radical (unpaired) electrons. The molecule has 1 aromatic heterocycles. The monoisotopic (exact) mass is 534 g/mol. The number of nitrogens with zero attached hydrogens (tertiary/aromatic N) is 2. The normalized spacial score (nSPS) is 10.9. The largest absolute Gasteiger partial charge is 0.478 e. The van der Waals surface area contributed by atoms with E-state index >= 15 is 0 Å². The summed E-state index contributed by atoms with van der Waals surface area (Å²) in [6.07, 6.45) is 3.38.